The fourth-order valence-electron chi connectivity index (χ4n) is 2.18. The molecule has 1 aromatic rings. The normalized spacial score (nSPS) is 26.7. The molecule has 0 unspecified atom stereocenters. The zero-order valence-corrected chi connectivity index (χ0v) is 11.3. The van der Waals surface area contributed by atoms with Crippen molar-refractivity contribution in [2.75, 3.05) is 5.75 Å². The van der Waals surface area contributed by atoms with Gasteiger partial charge in [-0.15, -0.1) is 0 Å². The maximum absolute atomic E-state index is 12.2. The second-order valence-corrected chi connectivity index (χ2v) is 6.32. The summed E-state index contributed by atoms with van der Waals surface area (Å²) in [4.78, 5) is 0.914. The molecule has 0 aliphatic carbocycles. The van der Waals surface area contributed by atoms with E-state index < -0.39 is 10.8 Å². The zero-order chi connectivity index (χ0) is 12.3. The molecule has 1 heterocycles. The van der Waals surface area contributed by atoms with Crippen LogP contribution in [0.5, 0.6) is 0 Å². The molecule has 0 aromatic heterocycles. The predicted octanol–water partition coefficient (Wildman–Crippen LogP) is 3.06. The first-order valence-corrected chi connectivity index (χ1v) is 7.57. The average Bonchev–Trinajstić information content (AvgIpc) is 2.29. The Morgan fingerprint density at radius 3 is 2.65 bits per heavy atom. The van der Waals surface area contributed by atoms with Crippen LogP contribution in [0.15, 0.2) is 29.2 Å². The van der Waals surface area contributed by atoms with E-state index in [0.29, 0.717) is 11.9 Å². The summed E-state index contributed by atoms with van der Waals surface area (Å²) in [6.45, 7) is 4.14. The lowest BCUT2D eigenvalue weighted by molar-refractivity contribution is -0.0270. The summed E-state index contributed by atoms with van der Waals surface area (Å²) >= 11 is 0. The van der Waals surface area contributed by atoms with Gasteiger partial charge in [0.05, 0.1) is 28.8 Å². The van der Waals surface area contributed by atoms with E-state index in [1.165, 1.54) is 12.0 Å². The second kappa shape index (κ2) is 5.78. The fraction of sp³-hybridized carbons (Fsp3) is 0.571. The number of aryl methyl sites for hydroxylation is 1. The van der Waals surface area contributed by atoms with Gasteiger partial charge in [0.1, 0.15) is 0 Å². The molecule has 1 aliphatic heterocycles. The highest BCUT2D eigenvalue weighted by Crippen LogP contribution is 2.20. The summed E-state index contributed by atoms with van der Waals surface area (Å²) in [5.41, 5.74) is 1.20. The van der Waals surface area contributed by atoms with Crippen LogP contribution in [0.2, 0.25) is 0 Å². The number of rotatable bonds is 3. The monoisotopic (exact) mass is 252 g/mol. The topological polar surface area (TPSA) is 26.3 Å². The standard InChI is InChI=1S/C14H20O2S/c1-11-6-8-14(9-7-11)17(15)10-13-5-3-4-12(2)16-13/h6-9,12-13H,3-5,10H2,1-2H3/t12-,13-,17+/m0/s1. The summed E-state index contributed by atoms with van der Waals surface area (Å²) in [5.74, 6) is 0.632. The molecule has 2 nitrogen and oxygen atoms in total. The summed E-state index contributed by atoms with van der Waals surface area (Å²) in [7, 11) is -0.929. The predicted molar refractivity (Wildman–Crippen MR) is 70.6 cm³/mol. The summed E-state index contributed by atoms with van der Waals surface area (Å²) in [5, 5.41) is 0. The minimum absolute atomic E-state index is 0.167. The van der Waals surface area contributed by atoms with Crippen molar-refractivity contribution in [1.82, 2.24) is 0 Å². The van der Waals surface area contributed by atoms with Crippen LogP contribution in [-0.2, 0) is 15.5 Å². The van der Waals surface area contributed by atoms with Crippen LogP contribution in [0.3, 0.4) is 0 Å². The van der Waals surface area contributed by atoms with Crippen LogP contribution in [0.25, 0.3) is 0 Å². The van der Waals surface area contributed by atoms with Gasteiger partial charge >= 0.3 is 0 Å². The molecule has 0 amide bonds. The molecule has 0 bridgehead atoms. The molecule has 1 aliphatic rings. The van der Waals surface area contributed by atoms with Gasteiger partial charge in [-0.05, 0) is 45.2 Å². The lowest BCUT2D eigenvalue weighted by Gasteiger charge is -2.27. The van der Waals surface area contributed by atoms with Crippen molar-refractivity contribution in [2.24, 2.45) is 0 Å². The lowest BCUT2D eigenvalue weighted by Crippen LogP contribution is -2.29. The number of ether oxygens (including phenoxy) is 1. The Hall–Kier alpha value is -0.670. The Kier molecular flexibility index (Phi) is 4.35. The van der Waals surface area contributed by atoms with Crippen molar-refractivity contribution in [2.45, 2.75) is 50.2 Å². The van der Waals surface area contributed by atoms with Gasteiger partial charge in [0.15, 0.2) is 0 Å². The molecule has 0 saturated carbocycles. The first-order valence-electron chi connectivity index (χ1n) is 6.25. The minimum Gasteiger partial charge on any atom is -0.374 e. The van der Waals surface area contributed by atoms with Gasteiger partial charge < -0.3 is 4.74 Å². The molecule has 1 saturated heterocycles. The van der Waals surface area contributed by atoms with Crippen molar-refractivity contribution >= 4 is 10.8 Å². The molecular weight excluding hydrogens is 232 g/mol. The van der Waals surface area contributed by atoms with E-state index in [2.05, 4.69) is 6.92 Å². The number of benzene rings is 1. The summed E-state index contributed by atoms with van der Waals surface area (Å²) in [6, 6.07) is 7.94. The van der Waals surface area contributed by atoms with E-state index in [9.17, 15) is 4.21 Å². The molecule has 17 heavy (non-hydrogen) atoms. The Bertz CT molecular complexity index is 386. The van der Waals surface area contributed by atoms with Crippen molar-refractivity contribution in [3.63, 3.8) is 0 Å². The molecule has 3 heteroatoms. The van der Waals surface area contributed by atoms with E-state index >= 15 is 0 Å². The maximum Gasteiger partial charge on any atom is 0.0697 e. The van der Waals surface area contributed by atoms with Gasteiger partial charge in [0, 0.05) is 4.90 Å². The smallest absolute Gasteiger partial charge is 0.0697 e. The van der Waals surface area contributed by atoms with Crippen LogP contribution in [-0.4, -0.2) is 22.2 Å². The first kappa shape index (κ1) is 12.8. The average molecular weight is 252 g/mol. The Labute approximate surface area is 106 Å². The fourth-order valence-corrected chi connectivity index (χ4v) is 3.39. The highest BCUT2D eigenvalue weighted by molar-refractivity contribution is 7.85. The minimum atomic E-state index is -0.929. The third-order valence-corrected chi connectivity index (χ3v) is 4.66. The summed E-state index contributed by atoms with van der Waals surface area (Å²) < 4.78 is 18.0. The molecule has 0 spiro atoms. The van der Waals surface area contributed by atoms with Crippen LogP contribution in [0, 0.1) is 6.92 Å². The first-order chi connectivity index (χ1) is 8.15. The highest BCUT2D eigenvalue weighted by atomic mass is 32.2. The summed E-state index contributed by atoms with van der Waals surface area (Å²) in [6.07, 6.45) is 3.86. The largest absolute Gasteiger partial charge is 0.374 e. The third-order valence-electron chi connectivity index (χ3n) is 3.18. The van der Waals surface area contributed by atoms with Crippen LogP contribution < -0.4 is 0 Å². The van der Waals surface area contributed by atoms with E-state index in [1.54, 1.807) is 0 Å². The second-order valence-electron chi connectivity index (χ2n) is 4.82. The van der Waals surface area contributed by atoms with E-state index in [-0.39, 0.29) is 6.10 Å². The van der Waals surface area contributed by atoms with Crippen molar-refractivity contribution in [3.8, 4) is 0 Å². The molecule has 0 N–H and O–H groups in total. The lowest BCUT2D eigenvalue weighted by atomic mass is 10.1. The van der Waals surface area contributed by atoms with E-state index in [1.807, 2.05) is 31.2 Å². The third kappa shape index (κ3) is 3.65. The van der Waals surface area contributed by atoms with Crippen molar-refractivity contribution in [3.05, 3.63) is 29.8 Å². The Morgan fingerprint density at radius 1 is 1.29 bits per heavy atom. The molecule has 2 rings (SSSR count). The van der Waals surface area contributed by atoms with Gasteiger partial charge in [0.25, 0.3) is 0 Å². The van der Waals surface area contributed by atoms with Crippen LogP contribution in [0.1, 0.15) is 31.7 Å². The maximum atomic E-state index is 12.2. The van der Waals surface area contributed by atoms with Crippen LogP contribution >= 0.6 is 0 Å². The van der Waals surface area contributed by atoms with E-state index in [4.69, 9.17) is 4.74 Å². The molecule has 94 valence electrons. The Morgan fingerprint density at radius 2 is 2.00 bits per heavy atom. The van der Waals surface area contributed by atoms with Gasteiger partial charge in [-0.3, -0.25) is 4.21 Å². The SMILES string of the molecule is Cc1ccc([S@](=O)C[C@@H]2CCC[C@H](C)O2)cc1. The Balaban J connectivity index is 1.94. The van der Waals surface area contributed by atoms with Gasteiger partial charge in [-0.25, -0.2) is 0 Å². The molecule has 3 atom stereocenters. The van der Waals surface area contributed by atoms with Gasteiger partial charge in [0.2, 0.25) is 0 Å². The van der Waals surface area contributed by atoms with E-state index in [0.717, 1.165) is 17.7 Å². The van der Waals surface area contributed by atoms with Gasteiger partial charge in [-0.2, -0.15) is 0 Å². The van der Waals surface area contributed by atoms with Crippen LogP contribution in [0.4, 0.5) is 0 Å². The molecule has 1 fully saturated rings. The molecule has 0 radical (unpaired) electrons. The van der Waals surface area contributed by atoms with Gasteiger partial charge in [-0.1, -0.05) is 17.7 Å². The highest BCUT2D eigenvalue weighted by Gasteiger charge is 2.21. The number of hydrogen-bond donors (Lipinski definition) is 0. The van der Waals surface area contributed by atoms with Crippen molar-refractivity contribution in [1.29, 1.82) is 0 Å². The molecular formula is C14H20O2S. The number of hydrogen-bond acceptors (Lipinski definition) is 2. The zero-order valence-electron chi connectivity index (χ0n) is 10.5. The molecule has 1 aromatic carbocycles. The quantitative estimate of drug-likeness (QED) is 0.826. The van der Waals surface area contributed by atoms with Crippen molar-refractivity contribution < 1.29 is 8.95 Å².